The third-order valence-corrected chi connectivity index (χ3v) is 3.89. The van der Waals surface area contributed by atoms with Gasteiger partial charge in [0.25, 0.3) is 0 Å². The molecule has 3 heteroatoms. The summed E-state index contributed by atoms with van der Waals surface area (Å²) in [5, 5.41) is 0. The fourth-order valence-electron chi connectivity index (χ4n) is 1.63. The fourth-order valence-corrected chi connectivity index (χ4v) is 1.63. The van der Waals surface area contributed by atoms with Gasteiger partial charge in [0.2, 0.25) is 0 Å². The lowest BCUT2D eigenvalue weighted by Gasteiger charge is -2.17. The minimum Gasteiger partial charge on any atom is -0.374 e. The number of allylic oxidation sites excluding steroid dienone is 1. The van der Waals surface area contributed by atoms with Crippen LogP contribution >= 0.6 is 0 Å². The smallest absolute Gasteiger partial charge is 0.146 e. The van der Waals surface area contributed by atoms with E-state index in [0.29, 0.717) is 18.4 Å². The molecule has 0 fully saturated rings. The summed E-state index contributed by atoms with van der Waals surface area (Å²) in [6.45, 7) is 11.6. The number of aldehydes is 2. The van der Waals surface area contributed by atoms with E-state index in [9.17, 15) is 9.59 Å². The topological polar surface area (TPSA) is 37.4 Å². The van der Waals surface area contributed by atoms with Crippen LogP contribution in [0.5, 0.6) is 0 Å². The Bertz CT molecular complexity index is 510. The maximum Gasteiger partial charge on any atom is 0.146 e. The summed E-state index contributed by atoms with van der Waals surface area (Å²) in [6, 6.07) is 7.95. The molecule has 0 heterocycles. The lowest BCUT2D eigenvalue weighted by atomic mass is 9.94. The van der Waals surface area contributed by atoms with Crippen molar-refractivity contribution in [2.75, 3.05) is 18.5 Å². The van der Waals surface area contributed by atoms with Gasteiger partial charge >= 0.3 is 0 Å². The molecule has 0 aromatic heterocycles. The van der Waals surface area contributed by atoms with Gasteiger partial charge in [0.15, 0.2) is 0 Å². The first-order chi connectivity index (χ1) is 11.3. The number of benzene rings is 1. The number of nitrogens with zero attached hydrogens (tertiary/aromatic N) is 1. The molecule has 0 saturated heterocycles. The van der Waals surface area contributed by atoms with E-state index in [2.05, 4.69) is 27.7 Å². The van der Waals surface area contributed by atoms with Gasteiger partial charge in [0, 0.05) is 25.7 Å². The Labute approximate surface area is 147 Å². The number of hydrogen-bond donors (Lipinski definition) is 0. The van der Waals surface area contributed by atoms with Crippen molar-refractivity contribution in [3.8, 4) is 0 Å². The number of carbonyl (C=O) groups is 2. The van der Waals surface area contributed by atoms with Gasteiger partial charge in [-0.2, -0.15) is 0 Å². The molecule has 0 amide bonds. The number of carbonyl (C=O) groups excluding carboxylic acids is 2. The van der Waals surface area contributed by atoms with Gasteiger partial charge in [-0.05, 0) is 41.2 Å². The highest BCUT2D eigenvalue weighted by Crippen LogP contribution is 2.17. The lowest BCUT2D eigenvalue weighted by molar-refractivity contribution is -0.107. The molecule has 1 rings (SSSR count). The minimum atomic E-state index is 0.531. The molecule has 1 aromatic carbocycles. The van der Waals surface area contributed by atoms with Crippen molar-refractivity contribution >= 4 is 24.3 Å². The van der Waals surface area contributed by atoms with Crippen LogP contribution in [-0.4, -0.2) is 26.2 Å². The Hall–Kier alpha value is -1.90. The van der Waals surface area contributed by atoms with Crippen LogP contribution in [0.4, 0.5) is 5.69 Å². The van der Waals surface area contributed by atoms with Gasteiger partial charge in [-0.15, -0.1) is 0 Å². The summed E-state index contributed by atoms with van der Waals surface area (Å²) in [7, 11) is 1.96. The van der Waals surface area contributed by atoms with Crippen molar-refractivity contribution in [2.24, 2.45) is 5.41 Å². The maximum absolute atomic E-state index is 10.7. The largest absolute Gasteiger partial charge is 0.374 e. The third kappa shape index (κ3) is 9.98. The molecule has 0 radical (unpaired) electrons. The summed E-state index contributed by atoms with van der Waals surface area (Å²) < 4.78 is 0. The Balaban J connectivity index is 0.000000754. The Morgan fingerprint density at radius 3 is 2.00 bits per heavy atom. The van der Waals surface area contributed by atoms with E-state index in [0.717, 1.165) is 35.8 Å². The van der Waals surface area contributed by atoms with Crippen LogP contribution in [0.1, 0.15) is 59.4 Å². The van der Waals surface area contributed by atoms with Gasteiger partial charge in [-0.1, -0.05) is 53.2 Å². The van der Waals surface area contributed by atoms with E-state index in [1.165, 1.54) is 6.42 Å². The first-order valence-electron chi connectivity index (χ1n) is 8.68. The van der Waals surface area contributed by atoms with Crippen molar-refractivity contribution in [1.82, 2.24) is 0 Å². The van der Waals surface area contributed by atoms with E-state index in [1.807, 2.05) is 49.2 Å². The van der Waals surface area contributed by atoms with Gasteiger partial charge in [-0.25, -0.2) is 0 Å². The van der Waals surface area contributed by atoms with E-state index in [1.54, 1.807) is 0 Å². The molecule has 1 aromatic rings. The Morgan fingerprint density at radius 1 is 1.08 bits per heavy atom. The molecule has 0 N–H and O–H groups in total. The SMILES string of the molecule is CC/C(C=O)=C\c1ccc(N(C)CCC=O)cc1.CCC(C)(C)C. The summed E-state index contributed by atoms with van der Waals surface area (Å²) in [5.41, 5.74) is 3.42. The molecular formula is C21H33NO2. The van der Waals surface area contributed by atoms with Gasteiger partial charge in [0.05, 0.1) is 0 Å². The Kier molecular flexibility index (Phi) is 10.7. The average molecular weight is 332 g/mol. The monoisotopic (exact) mass is 331 g/mol. The first-order valence-corrected chi connectivity index (χ1v) is 8.68. The van der Waals surface area contributed by atoms with Crippen LogP contribution < -0.4 is 4.90 Å². The highest BCUT2D eigenvalue weighted by Gasteiger charge is 2.03. The standard InChI is InChI=1S/C15H19NO2.C6H14/c1-3-13(12-18)11-14-5-7-15(8-6-14)16(2)9-4-10-17;1-5-6(2,3)4/h5-8,10-12H,3-4,9H2,1-2H3;5H2,1-4H3/b13-11+;. The predicted octanol–water partition coefficient (Wildman–Crippen LogP) is 5.15. The van der Waals surface area contributed by atoms with E-state index >= 15 is 0 Å². The zero-order valence-electron chi connectivity index (χ0n) is 16.1. The Morgan fingerprint density at radius 2 is 1.62 bits per heavy atom. The third-order valence-electron chi connectivity index (χ3n) is 3.89. The summed E-state index contributed by atoms with van der Waals surface area (Å²) >= 11 is 0. The second-order valence-electron chi connectivity index (χ2n) is 7.07. The predicted molar refractivity (Wildman–Crippen MR) is 104 cm³/mol. The summed E-state index contributed by atoms with van der Waals surface area (Å²) in [4.78, 5) is 23.1. The second kappa shape index (κ2) is 11.6. The molecule has 0 spiro atoms. The van der Waals surface area contributed by atoms with E-state index in [-0.39, 0.29) is 0 Å². The van der Waals surface area contributed by atoms with Crippen LogP contribution in [-0.2, 0) is 9.59 Å². The molecule has 0 aliphatic rings. The number of anilines is 1. The van der Waals surface area contributed by atoms with Crippen LogP contribution in [0.15, 0.2) is 29.8 Å². The van der Waals surface area contributed by atoms with Crippen LogP contribution in [0.25, 0.3) is 6.08 Å². The van der Waals surface area contributed by atoms with Gasteiger partial charge in [-0.3, -0.25) is 4.79 Å². The molecule has 0 aliphatic heterocycles. The van der Waals surface area contributed by atoms with Crippen molar-refractivity contribution in [3.63, 3.8) is 0 Å². The highest BCUT2D eigenvalue weighted by atomic mass is 16.1. The zero-order chi connectivity index (χ0) is 18.6. The maximum atomic E-state index is 10.7. The molecule has 24 heavy (non-hydrogen) atoms. The quantitative estimate of drug-likeness (QED) is 0.512. The van der Waals surface area contributed by atoms with Crippen molar-refractivity contribution in [2.45, 2.75) is 53.9 Å². The second-order valence-corrected chi connectivity index (χ2v) is 7.07. The van der Waals surface area contributed by atoms with Crippen molar-refractivity contribution < 1.29 is 9.59 Å². The molecule has 0 unspecified atom stereocenters. The highest BCUT2D eigenvalue weighted by molar-refractivity contribution is 5.81. The van der Waals surface area contributed by atoms with Crippen molar-refractivity contribution in [3.05, 3.63) is 35.4 Å². The number of hydrogen-bond acceptors (Lipinski definition) is 3. The molecule has 0 atom stereocenters. The minimum absolute atomic E-state index is 0.531. The van der Waals surface area contributed by atoms with Crippen molar-refractivity contribution in [1.29, 1.82) is 0 Å². The molecule has 3 nitrogen and oxygen atoms in total. The van der Waals surface area contributed by atoms with E-state index < -0.39 is 0 Å². The average Bonchev–Trinajstić information content (AvgIpc) is 2.58. The van der Waals surface area contributed by atoms with Gasteiger partial charge < -0.3 is 9.69 Å². The molecule has 0 aliphatic carbocycles. The summed E-state index contributed by atoms with van der Waals surface area (Å²) in [5.74, 6) is 0. The molecule has 0 bridgehead atoms. The summed E-state index contributed by atoms with van der Waals surface area (Å²) in [6.07, 6.45) is 6.25. The lowest BCUT2D eigenvalue weighted by Crippen LogP contribution is -2.18. The zero-order valence-corrected chi connectivity index (χ0v) is 16.1. The van der Waals surface area contributed by atoms with Crippen LogP contribution in [0, 0.1) is 5.41 Å². The first kappa shape index (κ1) is 22.1. The molecule has 134 valence electrons. The van der Waals surface area contributed by atoms with Crippen LogP contribution in [0.3, 0.4) is 0 Å². The van der Waals surface area contributed by atoms with Gasteiger partial charge in [0.1, 0.15) is 12.6 Å². The molecular weight excluding hydrogens is 298 g/mol. The normalized spacial score (nSPS) is 11.3. The van der Waals surface area contributed by atoms with E-state index in [4.69, 9.17) is 0 Å². The molecule has 0 saturated carbocycles. The van der Waals surface area contributed by atoms with Crippen LogP contribution in [0.2, 0.25) is 0 Å². The number of rotatable bonds is 7. The fraction of sp³-hybridized carbons (Fsp3) is 0.524.